The van der Waals surface area contributed by atoms with Crippen LogP contribution in [0.15, 0.2) is 18.2 Å². The number of rotatable bonds is 2. The molecule has 84 valence electrons. The molecule has 3 rings (SSSR count). The summed E-state index contributed by atoms with van der Waals surface area (Å²) in [7, 11) is 2.12. The minimum atomic E-state index is 0.589. The quantitative estimate of drug-likeness (QED) is 0.835. The molecule has 1 aromatic carbocycles. The number of nitrogens with zero attached hydrogens (tertiary/aromatic N) is 2. The summed E-state index contributed by atoms with van der Waals surface area (Å²) in [5.41, 5.74) is 9.12. The second-order valence-electron chi connectivity index (χ2n) is 4.68. The normalized spacial score (nSPS) is 16.6. The van der Waals surface area contributed by atoms with Crippen LogP contribution in [0.25, 0.3) is 11.0 Å². The van der Waals surface area contributed by atoms with Crippen LogP contribution in [0.5, 0.6) is 0 Å². The molecule has 0 bridgehead atoms. The SMILES string of the molecule is Cn1c(C2CCC2)nc2cc(CN)ccc21. The highest BCUT2D eigenvalue weighted by Gasteiger charge is 2.24. The van der Waals surface area contributed by atoms with Crippen molar-refractivity contribution in [3.63, 3.8) is 0 Å². The number of aryl methyl sites for hydroxylation is 1. The number of fused-ring (bicyclic) bond motifs is 1. The van der Waals surface area contributed by atoms with E-state index in [2.05, 4.69) is 29.8 Å². The third-order valence-electron chi connectivity index (χ3n) is 3.69. The molecule has 2 aromatic rings. The van der Waals surface area contributed by atoms with Gasteiger partial charge in [-0.15, -0.1) is 0 Å². The van der Waals surface area contributed by atoms with Crippen LogP contribution in [0.4, 0.5) is 0 Å². The number of benzene rings is 1. The van der Waals surface area contributed by atoms with Crippen LogP contribution in [-0.2, 0) is 13.6 Å². The maximum atomic E-state index is 5.65. The Bertz CT molecular complexity index is 523. The van der Waals surface area contributed by atoms with E-state index in [1.807, 2.05) is 0 Å². The van der Waals surface area contributed by atoms with Crippen molar-refractivity contribution in [2.45, 2.75) is 31.7 Å². The van der Waals surface area contributed by atoms with Gasteiger partial charge in [-0.25, -0.2) is 4.98 Å². The predicted molar refractivity (Wildman–Crippen MR) is 65.2 cm³/mol. The van der Waals surface area contributed by atoms with Gasteiger partial charge in [0.25, 0.3) is 0 Å². The van der Waals surface area contributed by atoms with Crippen molar-refractivity contribution < 1.29 is 0 Å². The Morgan fingerprint density at radius 1 is 1.44 bits per heavy atom. The molecule has 0 radical (unpaired) electrons. The second-order valence-corrected chi connectivity index (χ2v) is 4.68. The summed E-state index contributed by atoms with van der Waals surface area (Å²) in [6, 6.07) is 6.33. The van der Waals surface area contributed by atoms with Gasteiger partial charge in [-0.3, -0.25) is 0 Å². The fourth-order valence-electron chi connectivity index (χ4n) is 2.42. The predicted octanol–water partition coefficient (Wildman–Crippen LogP) is 2.30. The van der Waals surface area contributed by atoms with E-state index < -0.39 is 0 Å². The van der Waals surface area contributed by atoms with Gasteiger partial charge in [-0.05, 0) is 30.5 Å². The maximum absolute atomic E-state index is 5.65. The Labute approximate surface area is 95.3 Å². The molecule has 1 fully saturated rings. The first kappa shape index (κ1) is 9.85. The molecule has 0 saturated heterocycles. The lowest BCUT2D eigenvalue weighted by Crippen LogP contribution is -2.13. The Morgan fingerprint density at radius 3 is 2.88 bits per heavy atom. The Hall–Kier alpha value is -1.35. The molecule has 1 aliphatic rings. The molecule has 0 aliphatic heterocycles. The van der Waals surface area contributed by atoms with Crippen molar-refractivity contribution in [1.29, 1.82) is 0 Å². The Balaban J connectivity index is 2.13. The Morgan fingerprint density at radius 2 is 2.25 bits per heavy atom. The van der Waals surface area contributed by atoms with E-state index in [4.69, 9.17) is 10.7 Å². The number of imidazole rings is 1. The fourth-order valence-corrected chi connectivity index (χ4v) is 2.42. The van der Waals surface area contributed by atoms with E-state index in [-0.39, 0.29) is 0 Å². The maximum Gasteiger partial charge on any atom is 0.112 e. The van der Waals surface area contributed by atoms with Crippen LogP contribution in [0.1, 0.15) is 36.6 Å². The summed E-state index contributed by atoms with van der Waals surface area (Å²) < 4.78 is 2.24. The largest absolute Gasteiger partial charge is 0.331 e. The average Bonchev–Trinajstić information content (AvgIpc) is 2.54. The highest BCUT2D eigenvalue weighted by atomic mass is 15.1. The first-order valence-electron chi connectivity index (χ1n) is 5.95. The minimum Gasteiger partial charge on any atom is -0.331 e. The molecule has 0 spiro atoms. The van der Waals surface area contributed by atoms with E-state index in [1.165, 1.54) is 30.6 Å². The van der Waals surface area contributed by atoms with Crippen LogP contribution in [-0.4, -0.2) is 9.55 Å². The molecule has 0 amide bonds. The van der Waals surface area contributed by atoms with E-state index in [0.29, 0.717) is 12.5 Å². The number of hydrogen-bond acceptors (Lipinski definition) is 2. The number of aromatic nitrogens is 2. The topological polar surface area (TPSA) is 43.8 Å². The number of nitrogens with two attached hydrogens (primary N) is 1. The number of hydrogen-bond donors (Lipinski definition) is 1. The fraction of sp³-hybridized carbons (Fsp3) is 0.462. The minimum absolute atomic E-state index is 0.589. The monoisotopic (exact) mass is 215 g/mol. The summed E-state index contributed by atoms with van der Waals surface area (Å²) in [4.78, 5) is 4.75. The lowest BCUT2D eigenvalue weighted by atomic mass is 9.85. The van der Waals surface area contributed by atoms with Gasteiger partial charge in [0.2, 0.25) is 0 Å². The zero-order valence-corrected chi connectivity index (χ0v) is 9.61. The van der Waals surface area contributed by atoms with Crippen LogP contribution in [0, 0.1) is 0 Å². The van der Waals surface area contributed by atoms with Gasteiger partial charge in [0.1, 0.15) is 5.82 Å². The third kappa shape index (κ3) is 1.35. The lowest BCUT2D eigenvalue weighted by molar-refractivity contribution is 0.395. The van der Waals surface area contributed by atoms with Crippen LogP contribution >= 0.6 is 0 Å². The van der Waals surface area contributed by atoms with Gasteiger partial charge in [0.15, 0.2) is 0 Å². The molecule has 1 saturated carbocycles. The first-order valence-corrected chi connectivity index (χ1v) is 5.95. The highest BCUT2D eigenvalue weighted by molar-refractivity contribution is 5.77. The van der Waals surface area contributed by atoms with E-state index >= 15 is 0 Å². The lowest BCUT2D eigenvalue weighted by Gasteiger charge is -2.24. The van der Waals surface area contributed by atoms with E-state index in [1.54, 1.807) is 0 Å². The third-order valence-corrected chi connectivity index (χ3v) is 3.69. The standard InChI is InChI=1S/C13H17N3/c1-16-12-6-5-9(8-14)7-11(12)15-13(16)10-3-2-4-10/h5-7,10H,2-4,8,14H2,1H3. The average molecular weight is 215 g/mol. The van der Waals surface area contributed by atoms with Gasteiger partial charge in [0.05, 0.1) is 11.0 Å². The Kier molecular flexibility index (Phi) is 2.21. The molecule has 3 heteroatoms. The van der Waals surface area contributed by atoms with Gasteiger partial charge >= 0.3 is 0 Å². The molecule has 3 nitrogen and oxygen atoms in total. The van der Waals surface area contributed by atoms with Crippen molar-refractivity contribution >= 4 is 11.0 Å². The van der Waals surface area contributed by atoms with Crippen molar-refractivity contribution in [1.82, 2.24) is 9.55 Å². The highest BCUT2D eigenvalue weighted by Crippen LogP contribution is 2.36. The smallest absolute Gasteiger partial charge is 0.112 e. The summed E-state index contributed by atoms with van der Waals surface area (Å²) in [5, 5.41) is 0. The molecular weight excluding hydrogens is 198 g/mol. The molecule has 1 aromatic heterocycles. The van der Waals surface area contributed by atoms with Crippen molar-refractivity contribution in [2.24, 2.45) is 12.8 Å². The van der Waals surface area contributed by atoms with Crippen molar-refractivity contribution in [3.05, 3.63) is 29.6 Å². The van der Waals surface area contributed by atoms with E-state index in [0.717, 1.165) is 11.1 Å². The molecule has 1 aliphatic carbocycles. The van der Waals surface area contributed by atoms with Crippen LogP contribution in [0.2, 0.25) is 0 Å². The first-order chi connectivity index (χ1) is 7.79. The van der Waals surface area contributed by atoms with Crippen molar-refractivity contribution in [2.75, 3.05) is 0 Å². The molecule has 0 unspecified atom stereocenters. The molecule has 16 heavy (non-hydrogen) atoms. The van der Waals surface area contributed by atoms with Gasteiger partial charge in [0, 0.05) is 19.5 Å². The summed E-state index contributed by atoms with van der Waals surface area (Å²) in [6.07, 6.45) is 3.93. The molecular formula is C13H17N3. The van der Waals surface area contributed by atoms with Gasteiger partial charge in [-0.1, -0.05) is 12.5 Å². The second kappa shape index (κ2) is 3.59. The summed E-state index contributed by atoms with van der Waals surface area (Å²) in [5.74, 6) is 1.93. The van der Waals surface area contributed by atoms with Crippen LogP contribution < -0.4 is 5.73 Å². The van der Waals surface area contributed by atoms with E-state index in [9.17, 15) is 0 Å². The van der Waals surface area contributed by atoms with Crippen molar-refractivity contribution in [3.8, 4) is 0 Å². The molecule has 1 heterocycles. The summed E-state index contributed by atoms with van der Waals surface area (Å²) in [6.45, 7) is 0.589. The molecule has 2 N–H and O–H groups in total. The zero-order valence-electron chi connectivity index (χ0n) is 9.61. The summed E-state index contributed by atoms with van der Waals surface area (Å²) >= 11 is 0. The van der Waals surface area contributed by atoms with Crippen LogP contribution in [0.3, 0.4) is 0 Å². The molecule has 0 atom stereocenters. The zero-order chi connectivity index (χ0) is 11.1. The van der Waals surface area contributed by atoms with Gasteiger partial charge < -0.3 is 10.3 Å². The van der Waals surface area contributed by atoms with Gasteiger partial charge in [-0.2, -0.15) is 0 Å².